The zero-order valence-corrected chi connectivity index (χ0v) is 15.4. The van der Waals surface area contributed by atoms with E-state index in [1.54, 1.807) is 18.2 Å². The Morgan fingerprint density at radius 1 is 0.960 bits per heavy atom. The van der Waals surface area contributed by atoms with Gasteiger partial charge in [-0.05, 0) is 36.8 Å². The van der Waals surface area contributed by atoms with Gasteiger partial charge < -0.3 is 4.90 Å². The third-order valence-electron chi connectivity index (χ3n) is 4.51. The molecular weight excluding hydrogens is 334 g/mol. The fourth-order valence-electron chi connectivity index (χ4n) is 3.07. The molecule has 25 heavy (non-hydrogen) atoms. The standard InChI is InChI=1S/C19H25N3O2S/c1-17-6-5-9-19(16-17)25(23,24)20-10-11-21-12-14-22(15-13-21)18-7-3-2-4-8-18/h2-9,16,20H,10-15H2,1H3. The number of piperazine rings is 1. The molecule has 1 N–H and O–H groups in total. The van der Waals surface area contributed by atoms with Crippen molar-refractivity contribution >= 4 is 15.7 Å². The average molecular weight is 359 g/mol. The van der Waals surface area contributed by atoms with Gasteiger partial charge >= 0.3 is 0 Å². The van der Waals surface area contributed by atoms with Crippen LogP contribution in [0.4, 0.5) is 5.69 Å². The van der Waals surface area contributed by atoms with Crippen molar-refractivity contribution in [2.45, 2.75) is 11.8 Å². The van der Waals surface area contributed by atoms with Gasteiger partial charge in [0, 0.05) is 45.0 Å². The first-order chi connectivity index (χ1) is 12.0. The molecule has 1 aliphatic rings. The number of benzene rings is 2. The lowest BCUT2D eigenvalue weighted by Crippen LogP contribution is -2.48. The first-order valence-corrected chi connectivity index (χ1v) is 10.1. The van der Waals surface area contributed by atoms with E-state index in [1.807, 2.05) is 19.1 Å². The molecule has 0 spiro atoms. The van der Waals surface area contributed by atoms with Crippen LogP contribution in [0, 0.1) is 6.92 Å². The Morgan fingerprint density at radius 3 is 2.36 bits per heavy atom. The van der Waals surface area contributed by atoms with Crippen molar-refractivity contribution in [1.82, 2.24) is 9.62 Å². The third-order valence-corrected chi connectivity index (χ3v) is 5.97. The van der Waals surface area contributed by atoms with Gasteiger partial charge in [-0.2, -0.15) is 0 Å². The number of nitrogens with one attached hydrogen (secondary N) is 1. The Morgan fingerprint density at radius 2 is 1.68 bits per heavy atom. The van der Waals surface area contributed by atoms with E-state index in [4.69, 9.17) is 0 Å². The molecule has 134 valence electrons. The first kappa shape index (κ1) is 17.9. The van der Waals surface area contributed by atoms with Crippen molar-refractivity contribution in [2.24, 2.45) is 0 Å². The van der Waals surface area contributed by atoms with E-state index in [9.17, 15) is 8.42 Å². The smallest absolute Gasteiger partial charge is 0.240 e. The first-order valence-electron chi connectivity index (χ1n) is 8.63. The minimum Gasteiger partial charge on any atom is -0.369 e. The molecule has 2 aromatic carbocycles. The molecule has 0 aromatic heterocycles. The summed E-state index contributed by atoms with van der Waals surface area (Å²) < 4.78 is 27.4. The van der Waals surface area contributed by atoms with Crippen molar-refractivity contribution in [3.63, 3.8) is 0 Å². The molecule has 1 fully saturated rings. The second-order valence-electron chi connectivity index (χ2n) is 6.38. The summed E-state index contributed by atoms with van der Waals surface area (Å²) in [6.07, 6.45) is 0. The van der Waals surface area contributed by atoms with Gasteiger partial charge in [0.1, 0.15) is 0 Å². The number of rotatable bonds is 6. The van der Waals surface area contributed by atoms with Gasteiger partial charge in [-0.25, -0.2) is 13.1 Å². The van der Waals surface area contributed by atoms with E-state index in [0.717, 1.165) is 38.3 Å². The van der Waals surface area contributed by atoms with Crippen LogP contribution in [-0.2, 0) is 10.0 Å². The molecule has 3 rings (SSSR count). The van der Waals surface area contributed by atoms with Crippen molar-refractivity contribution in [3.05, 3.63) is 60.2 Å². The van der Waals surface area contributed by atoms with E-state index in [0.29, 0.717) is 11.4 Å². The molecule has 2 aromatic rings. The normalized spacial score (nSPS) is 16.1. The van der Waals surface area contributed by atoms with Gasteiger partial charge in [0.15, 0.2) is 0 Å². The number of nitrogens with zero attached hydrogens (tertiary/aromatic N) is 2. The number of hydrogen-bond donors (Lipinski definition) is 1. The van der Waals surface area contributed by atoms with Crippen molar-refractivity contribution in [2.75, 3.05) is 44.2 Å². The molecule has 0 unspecified atom stereocenters. The Balaban J connectivity index is 1.46. The summed E-state index contributed by atoms with van der Waals surface area (Å²) in [5, 5.41) is 0. The predicted octanol–water partition coefficient (Wildman–Crippen LogP) is 2.10. The molecule has 1 heterocycles. The molecule has 0 amide bonds. The number of aryl methyl sites for hydroxylation is 1. The fraction of sp³-hybridized carbons (Fsp3) is 0.368. The van der Waals surface area contributed by atoms with Crippen LogP contribution >= 0.6 is 0 Å². The molecular formula is C19H25N3O2S. The highest BCUT2D eigenvalue weighted by molar-refractivity contribution is 7.89. The van der Waals surface area contributed by atoms with Crippen LogP contribution in [0.3, 0.4) is 0 Å². The maximum absolute atomic E-state index is 12.3. The highest BCUT2D eigenvalue weighted by atomic mass is 32.2. The van der Waals surface area contributed by atoms with Crippen LogP contribution in [0.25, 0.3) is 0 Å². The van der Waals surface area contributed by atoms with E-state index in [2.05, 4.69) is 38.8 Å². The Bertz CT molecular complexity index is 785. The molecule has 0 atom stereocenters. The fourth-order valence-corrected chi connectivity index (χ4v) is 4.20. The van der Waals surface area contributed by atoms with Gasteiger partial charge in [0.05, 0.1) is 4.90 Å². The summed E-state index contributed by atoms with van der Waals surface area (Å²) >= 11 is 0. The van der Waals surface area contributed by atoms with Crippen LogP contribution in [0.1, 0.15) is 5.56 Å². The minimum atomic E-state index is -3.42. The van der Waals surface area contributed by atoms with E-state index in [1.165, 1.54) is 5.69 Å². The van der Waals surface area contributed by atoms with Gasteiger partial charge in [0.25, 0.3) is 0 Å². The lowest BCUT2D eigenvalue weighted by Gasteiger charge is -2.36. The van der Waals surface area contributed by atoms with E-state index >= 15 is 0 Å². The summed E-state index contributed by atoms with van der Waals surface area (Å²) in [6.45, 7) is 6.88. The Hall–Kier alpha value is -1.89. The summed E-state index contributed by atoms with van der Waals surface area (Å²) in [5.41, 5.74) is 2.20. The largest absolute Gasteiger partial charge is 0.369 e. The monoisotopic (exact) mass is 359 g/mol. The molecule has 0 saturated carbocycles. The molecule has 0 aliphatic carbocycles. The number of sulfonamides is 1. The number of anilines is 1. The van der Waals surface area contributed by atoms with E-state index in [-0.39, 0.29) is 0 Å². The van der Waals surface area contributed by atoms with Crippen LogP contribution < -0.4 is 9.62 Å². The number of para-hydroxylation sites is 1. The van der Waals surface area contributed by atoms with Crippen molar-refractivity contribution in [1.29, 1.82) is 0 Å². The Labute approximate surface area is 150 Å². The van der Waals surface area contributed by atoms with Crippen LogP contribution in [-0.4, -0.2) is 52.6 Å². The van der Waals surface area contributed by atoms with Gasteiger partial charge in [-0.1, -0.05) is 30.3 Å². The molecule has 0 radical (unpaired) electrons. The second-order valence-corrected chi connectivity index (χ2v) is 8.15. The maximum Gasteiger partial charge on any atom is 0.240 e. The molecule has 5 nitrogen and oxygen atoms in total. The second kappa shape index (κ2) is 7.99. The van der Waals surface area contributed by atoms with Gasteiger partial charge in [-0.15, -0.1) is 0 Å². The van der Waals surface area contributed by atoms with Crippen LogP contribution in [0.2, 0.25) is 0 Å². The number of hydrogen-bond acceptors (Lipinski definition) is 4. The summed E-state index contributed by atoms with van der Waals surface area (Å²) in [4.78, 5) is 5.01. The SMILES string of the molecule is Cc1cccc(S(=O)(=O)NCCN2CCN(c3ccccc3)CC2)c1. The molecule has 0 bridgehead atoms. The van der Waals surface area contributed by atoms with E-state index < -0.39 is 10.0 Å². The molecule has 1 aliphatic heterocycles. The molecule has 1 saturated heterocycles. The topological polar surface area (TPSA) is 52.7 Å². The van der Waals surface area contributed by atoms with Gasteiger partial charge in [0.2, 0.25) is 10.0 Å². The summed E-state index contributed by atoms with van der Waals surface area (Å²) in [5.74, 6) is 0. The zero-order chi connectivity index (χ0) is 17.7. The average Bonchev–Trinajstić information content (AvgIpc) is 2.63. The van der Waals surface area contributed by atoms with Crippen molar-refractivity contribution < 1.29 is 8.42 Å². The quantitative estimate of drug-likeness (QED) is 0.858. The van der Waals surface area contributed by atoms with Crippen molar-refractivity contribution in [3.8, 4) is 0 Å². The third kappa shape index (κ3) is 4.81. The summed E-state index contributed by atoms with van der Waals surface area (Å²) in [7, 11) is -3.42. The molecule has 6 heteroatoms. The highest BCUT2D eigenvalue weighted by Gasteiger charge is 2.18. The Kier molecular flexibility index (Phi) is 5.73. The van der Waals surface area contributed by atoms with Crippen LogP contribution in [0.15, 0.2) is 59.5 Å². The minimum absolute atomic E-state index is 0.335. The van der Waals surface area contributed by atoms with Gasteiger partial charge in [-0.3, -0.25) is 4.90 Å². The zero-order valence-electron chi connectivity index (χ0n) is 14.6. The maximum atomic E-state index is 12.3. The lowest BCUT2D eigenvalue weighted by molar-refractivity contribution is 0.262. The van der Waals surface area contributed by atoms with Crippen LogP contribution in [0.5, 0.6) is 0 Å². The highest BCUT2D eigenvalue weighted by Crippen LogP contribution is 2.15. The predicted molar refractivity (Wildman–Crippen MR) is 101 cm³/mol. The lowest BCUT2D eigenvalue weighted by atomic mass is 10.2. The summed E-state index contributed by atoms with van der Waals surface area (Å²) in [6, 6.07) is 17.4.